The summed E-state index contributed by atoms with van der Waals surface area (Å²) in [5.74, 6) is 1.55. The maximum Gasteiger partial charge on any atom is 0.175 e. The van der Waals surface area contributed by atoms with Gasteiger partial charge >= 0.3 is 0 Å². The van der Waals surface area contributed by atoms with Gasteiger partial charge in [-0.1, -0.05) is 26.7 Å². The highest BCUT2D eigenvalue weighted by Gasteiger charge is 2.23. The molecule has 1 aliphatic rings. The molecule has 0 saturated heterocycles. The highest BCUT2D eigenvalue weighted by atomic mass is 32.2. The Balaban J connectivity index is 2.00. The summed E-state index contributed by atoms with van der Waals surface area (Å²) >= 11 is 0. The summed E-state index contributed by atoms with van der Waals surface area (Å²) in [7, 11) is -3.10. The van der Waals surface area contributed by atoms with Crippen LogP contribution in [-0.2, 0) is 9.84 Å². The van der Waals surface area contributed by atoms with E-state index in [0.717, 1.165) is 17.5 Å². The average Bonchev–Trinajstić information content (AvgIpc) is 2.38. The summed E-state index contributed by atoms with van der Waals surface area (Å²) in [5, 5.41) is 3.55. The molecule has 0 radical (unpaired) electrons. The van der Waals surface area contributed by atoms with Gasteiger partial charge in [0.05, 0.1) is 4.90 Å². The van der Waals surface area contributed by atoms with E-state index in [4.69, 9.17) is 0 Å². The van der Waals surface area contributed by atoms with E-state index >= 15 is 0 Å². The number of hydrogen-bond donors (Lipinski definition) is 1. The van der Waals surface area contributed by atoms with Gasteiger partial charge in [0.15, 0.2) is 9.84 Å². The second-order valence-corrected chi connectivity index (χ2v) is 8.32. The van der Waals surface area contributed by atoms with E-state index in [-0.39, 0.29) is 0 Å². The molecule has 0 aliphatic heterocycles. The number of anilines is 1. The van der Waals surface area contributed by atoms with Crippen molar-refractivity contribution in [1.29, 1.82) is 0 Å². The van der Waals surface area contributed by atoms with Gasteiger partial charge in [0.1, 0.15) is 0 Å². The van der Waals surface area contributed by atoms with Crippen molar-refractivity contribution in [2.45, 2.75) is 50.5 Å². The standard InChI is InChI=1S/C16H25NO2S/c1-12(2)13-5-4-6-15(11-13)17-14-7-9-16(10-8-14)20(3,18)19/h7-10,12-13,15,17H,4-6,11H2,1-3H3. The van der Waals surface area contributed by atoms with Gasteiger partial charge in [-0.3, -0.25) is 0 Å². The monoisotopic (exact) mass is 295 g/mol. The van der Waals surface area contributed by atoms with Gasteiger partial charge in [0, 0.05) is 18.0 Å². The lowest BCUT2D eigenvalue weighted by Gasteiger charge is -2.32. The lowest BCUT2D eigenvalue weighted by Crippen LogP contribution is -2.29. The molecule has 2 atom stereocenters. The molecule has 2 rings (SSSR count). The second kappa shape index (κ2) is 6.17. The zero-order valence-electron chi connectivity index (χ0n) is 12.6. The highest BCUT2D eigenvalue weighted by Crippen LogP contribution is 2.31. The third-order valence-corrected chi connectivity index (χ3v) is 5.44. The molecule has 0 aromatic heterocycles. The first kappa shape index (κ1) is 15.4. The van der Waals surface area contributed by atoms with Gasteiger partial charge in [-0.05, 0) is 48.9 Å². The zero-order valence-corrected chi connectivity index (χ0v) is 13.4. The van der Waals surface area contributed by atoms with Crippen molar-refractivity contribution in [1.82, 2.24) is 0 Å². The molecule has 1 aliphatic carbocycles. The van der Waals surface area contributed by atoms with Crippen LogP contribution < -0.4 is 5.32 Å². The Morgan fingerprint density at radius 3 is 2.35 bits per heavy atom. The van der Waals surface area contributed by atoms with Crippen LogP contribution in [-0.4, -0.2) is 20.7 Å². The van der Waals surface area contributed by atoms with Gasteiger partial charge < -0.3 is 5.32 Å². The molecule has 1 aromatic rings. The predicted octanol–water partition coefficient (Wildman–Crippen LogP) is 3.72. The molecule has 1 fully saturated rings. The van der Waals surface area contributed by atoms with Crippen LogP contribution in [0.1, 0.15) is 39.5 Å². The molecular weight excluding hydrogens is 270 g/mol. The molecule has 1 N–H and O–H groups in total. The van der Waals surface area contributed by atoms with E-state index in [2.05, 4.69) is 19.2 Å². The van der Waals surface area contributed by atoms with Gasteiger partial charge in [-0.2, -0.15) is 0 Å². The lowest BCUT2D eigenvalue weighted by molar-refractivity contribution is 0.264. The number of benzene rings is 1. The molecule has 4 heteroatoms. The van der Waals surface area contributed by atoms with Crippen molar-refractivity contribution < 1.29 is 8.42 Å². The van der Waals surface area contributed by atoms with E-state index < -0.39 is 9.84 Å². The van der Waals surface area contributed by atoms with Crippen molar-refractivity contribution in [2.24, 2.45) is 11.8 Å². The molecule has 0 amide bonds. The average molecular weight is 295 g/mol. The molecular formula is C16H25NO2S. The SMILES string of the molecule is CC(C)C1CCCC(Nc2ccc(S(C)(=O)=O)cc2)C1. The topological polar surface area (TPSA) is 46.2 Å². The van der Waals surface area contributed by atoms with Crippen molar-refractivity contribution >= 4 is 15.5 Å². The summed E-state index contributed by atoms with van der Waals surface area (Å²) in [5.41, 5.74) is 1.02. The van der Waals surface area contributed by atoms with Crippen LogP contribution >= 0.6 is 0 Å². The van der Waals surface area contributed by atoms with Crippen LogP contribution in [0.4, 0.5) is 5.69 Å². The third kappa shape index (κ3) is 3.98. The Kier molecular flexibility index (Phi) is 4.74. The fraction of sp³-hybridized carbons (Fsp3) is 0.625. The van der Waals surface area contributed by atoms with E-state index in [1.165, 1.54) is 31.9 Å². The summed E-state index contributed by atoms with van der Waals surface area (Å²) < 4.78 is 22.9. The van der Waals surface area contributed by atoms with Crippen LogP contribution in [0, 0.1) is 11.8 Å². The zero-order chi connectivity index (χ0) is 14.8. The van der Waals surface area contributed by atoms with Crippen molar-refractivity contribution in [3.8, 4) is 0 Å². The van der Waals surface area contributed by atoms with Crippen LogP contribution in [0.15, 0.2) is 29.2 Å². The third-order valence-electron chi connectivity index (χ3n) is 4.31. The van der Waals surface area contributed by atoms with E-state index in [0.29, 0.717) is 10.9 Å². The Bertz CT molecular complexity index is 534. The first-order chi connectivity index (χ1) is 9.36. The Morgan fingerprint density at radius 2 is 1.80 bits per heavy atom. The number of nitrogens with one attached hydrogen (secondary N) is 1. The maximum atomic E-state index is 11.4. The van der Waals surface area contributed by atoms with Crippen LogP contribution in [0.25, 0.3) is 0 Å². The maximum absolute atomic E-state index is 11.4. The Labute approximate surface area is 122 Å². The second-order valence-electron chi connectivity index (χ2n) is 6.31. The summed E-state index contributed by atoms with van der Waals surface area (Å²) in [6, 6.07) is 7.62. The first-order valence-electron chi connectivity index (χ1n) is 7.43. The van der Waals surface area contributed by atoms with E-state index in [1.54, 1.807) is 12.1 Å². The van der Waals surface area contributed by atoms with E-state index in [9.17, 15) is 8.42 Å². The number of rotatable bonds is 4. The number of sulfone groups is 1. The van der Waals surface area contributed by atoms with Gasteiger partial charge in [0.2, 0.25) is 0 Å². The van der Waals surface area contributed by atoms with Gasteiger partial charge in [-0.25, -0.2) is 8.42 Å². The van der Waals surface area contributed by atoms with E-state index in [1.807, 2.05) is 12.1 Å². The predicted molar refractivity (Wildman–Crippen MR) is 83.8 cm³/mol. The Morgan fingerprint density at radius 1 is 1.15 bits per heavy atom. The van der Waals surface area contributed by atoms with Crippen molar-refractivity contribution in [3.63, 3.8) is 0 Å². The molecule has 2 unspecified atom stereocenters. The molecule has 1 aromatic carbocycles. The van der Waals surface area contributed by atoms with Crippen LogP contribution in [0.3, 0.4) is 0 Å². The molecule has 20 heavy (non-hydrogen) atoms. The minimum atomic E-state index is -3.10. The smallest absolute Gasteiger partial charge is 0.175 e. The molecule has 1 saturated carbocycles. The minimum Gasteiger partial charge on any atom is -0.382 e. The van der Waals surface area contributed by atoms with Gasteiger partial charge in [0.25, 0.3) is 0 Å². The molecule has 0 spiro atoms. The van der Waals surface area contributed by atoms with Gasteiger partial charge in [-0.15, -0.1) is 0 Å². The fourth-order valence-corrected chi connectivity index (χ4v) is 3.63. The summed E-state index contributed by atoms with van der Waals surface area (Å²) in [4.78, 5) is 0.381. The summed E-state index contributed by atoms with van der Waals surface area (Å²) in [6.07, 6.45) is 6.27. The molecule has 112 valence electrons. The first-order valence-corrected chi connectivity index (χ1v) is 9.32. The number of hydrogen-bond acceptors (Lipinski definition) is 3. The normalized spacial score (nSPS) is 23.8. The highest BCUT2D eigenvalue weighted by molar-refractivity contribution is 7.90. The van der Waals surface area contributed by atoms with Crippen molar-refractivity contribution in [3.05, 3.63) is 24.3 Å². The fourth-order valence-electron chi connectivity index (χ4n) is 3.00. The molecule has 3 nitrogen and oxygen atoms in total. The van der Waals surface area contributed by atoms with Crippen LogP contribution in [0.5, 0.6) is 0 Å². The summed E-state index contributed by atoms with van der Waals surface area (Å²) in [6.45, 7) is 4.60. The lowest BCUT2D eigenvalue weighted by atomic mass is 9.79. The van der Waals surface area contributed by atoms with Crippen molar-refractivity contribution in [2.75, 3.05) is 11.6 Å². The van der Waals surface area contributed by atoms with Crippen LogP contribution in [0.2, 0.25) is 0 Å². The minimum absolute atomic E-state index is 0.381. The molecule has 0 bridgehead atoms. The molecule has 0 heterocycles. The Hall–Kier alpha value is -1.03. The largest absolute Gasteiger partial charge is 0.382 e. The quantitative estimate of drug-likeness (QED) is 0.921.